The maximum atomic E-state index is 10.9. The quantitative estimate of drug-likeness (QED) is 0.815. The van der Waals surface area contributed by atoms with Crippen LogP contribution >= 0.6 is 0 Å². The summed E-state index contributed by atoms with van der Waals surface area (Å²) in [5.41, 5.74) is 3.31. The SMILES string of the molecule is O=C(O)CC1CCN(CCC=C2c3ccccc3OCOc3ccccc32)CC1. The van der Waals surface area contributed by atoms with Gasteiger partial charge in [-0.1, -0.05) is 42.5 Å². The van der Waals surface area contributed by atoms with Crippen LogP contribution in [-0.4, -0.2) is 42.4 Å². The Hall–Kier alpha value is -2.79. The highest BCUT2D eigenvalue weighted by molar-refractivity contribution is 5.85. The molecule has 0 spiro atoms. The number of ether oxygens (including phenoxy) is 2. The van der Waals surface area contributed by atoms with Gasteiger partial charge >= 0.3 is 5.97 Å². The number of aliphatic carboxylic acids is 1. The third kappa shape index (κ3) is 4.80. The van der Waals surface area contributed by atoms with Gasteiger partial charge in [-0.15, -0.1) is 0 Å². The third-order valence-corrected chi connectivity index (χ3v) is 5.75. The van der Waals surface area contributed by atoms with Crippen molar-refractivity contribution < 1.29 is 19.4 Å². The second-order valence-corrected chi connectivity index (χ2v) is 7.69. The van der Waals surface area contributed by atoms with Crippen LogP contribution in [0.25, 0.3) is 5.57 Å². The van der Waals surface area contributed by atoms with Gasteiger partial charge in [0.05, 0.1) is 0 Å². The summed E-state index contributed by atoms with van der Waals surface area (Å²) in [7, 11) is 0. The standard InChI is InChI=1S/C24H27NO4/c26-24(27)16-18-11-14-25(15-12-18)13-5-8-19-20-6-1-3-9-22(20)28-17-29-23-10-4-2-7-21(19)23/h1-4,6-10,18H,5,11-17H2,(H,26,27). The summed E-state index contributed by atoms with van der Waals surface area (Å²) in [6.45, 7) is 3.11. The number of benzene rings is 2. The molecule has 1 N–H and O–H groups in total. The highest BCUT2D eigenvalue weighted by atomic mass is 16.7. The van der Waals surface area contributed by atoms with E-state index in [9.17, 15) is 4.79 Å². The summed E-state index contributed by atoms with van der Waals surface area (Å²) in [6, 6.07) is 16.2. The molecule has 29 heavy (non-hydrogen) atoms. The Labute approximate surface area is 171 Å². The van der Waals surface area contributed by atoms with Crippen molar-refractivity contribution in [1.29, 1.82) is 0 Å². The first-order valence-electron chi connectivity index (χ1n) is 10.3. The van der Waals surface area contributed by atoms with Gasteiger partial charge in [0.1, 0.15) is 11.5 Å². The van der Waals surface area contributed by atoms with Gasteiger partial charge in [-0.2, -0.15) is 0 Å². The minimum Gasteiger partial charge on any atom is -0.481 e. The number of rotatable bonds is 5. The Morgan fingerprint density at radius 1 is 1.00 bits per heavy atom. The smallest absolute Gasteiger partial charge is 0.303 e. The maximum absolute atomic E-state index is 10.9. The molecule has 5 nitrogen and oxygen atoms in total. The number of nitrogens with zero attached hydrogens (tertiary/aromatic N) is 1. The average Bonchev–Trinajstić information content (AvgIpc) is 2.72. The van der Waals surface area contributed by atoms with E-state index in [1.54, 1.807) is 0 Å². The van der Waals surface area contributed by atoms with Crippen LogP contribution in [0.1, 0.15) is 36.8 Å². The van der Waals surface area contributed by atoms with Crippen LogP contribution in [-0.2, 0) is 4.79 Å². The molecule has 0 radical (unpaired) electrons. The van der Waals surface area contributed by atoms with Crippen molar-refractivity contribution in [2.45, 2.75) is 25.7 Å². The highest BCUT2D eigenvalue weighted by Gasteiger charge is 2.21. The van der Waals surface area contributed by atoms with Crippen molar-refractivity contribution in [3.63, 3.8) is 0 Å². The second-order valence-electron chi connectivity index (χ2n) is 7.69. The van der Waals surface area contributed by atoms with E-state index in [4.69, 9.17) is 14.6 Å². The summed E-state index contributed by atoms with van der Waals surface area (Å²) in [6.07, 6.45) is 5.43. The molecule has 2 heterocycles. The van der Waals surface area contributed by atoms with Gasteiger partial charge in [0.25, 0.3) is 0 Å². The lowest BCUT2D eigenvalue weighted by molar-refractivity contribution is -0.138. The van der Waals surface area contributed by atoms with Crippen molar-refractivity contribution in [3.8, 4) is 11.5 Å². The number of hydrogen-bond donors (Lipinski definition) is 1. The highest BCUT2D eigenvalue weighted by Crippen LogP contribution is 2.37. The minimum atomic E-state index is -0.681. The number of carboxylic acid groups (broad SMARTS) is 1. The molecular formula is C24H27NO4. The molecule has 2 aromatic carbocycles. The molecule has 0 bridgehead atoms. The summed E-state index contributed by atoms with van der Waals surface area (Å²) >= 11 is 0. The van der Waals surface area contributed by atoms with E-state index in [1.165, 1.54) is 0 Å². The molecule has 2 aliphatic rings. The third-order valence-electron chi connectivity index (χ3n) is 5.75. The van der Waals surface area contributed by atoms with Crippen LogP contribution < -0.4 is 9.47 Å². The monoisotopic (exact) mass is 393 g/mol. The molecule has 2 aromatic rings. The lowest BCUT2D eigenvalue weighted by Gasteiger charge is -2.31. The number of likely N-dealkylation sites (tertiary alicyclic amines) is 1. The van der Waals surface area contributed by atoms with Crippen LogP contribution in [0.2, 0.25) is 0 Å². The summed E-state index contributed by atoms with van der Waals surface area (Å²) in [5.74, 6) is 1.31. The molecule has 0 saturated carbocycles. The predicted octanol–water partition coefficient (Wildman–Crippen LogP) is 4.42. The number of fused-ring (bicyclic) bond motifs is 2. The molecular weight excluding hydrogens is 366 g/mol. The zero-order valence-corrected chi connectivity index (χ0v) is 16.5. The fourth-order valence-electron chi connectivity index (χ4n) is 4.20. The Balaban J connectivity index is 1.49. The maximum Gasteiger partial charge on any atom is 0.303 e. The largest absolute Gasteiger partial charge is 0.481 e. The second kappa shape index (κ2) is 9.14. The fraction of sp³-hybridized carbons (Fsp3) is 0.375. The van der Waals surface area contributed by atoms with Gasteiger partial charge in [-0.25, -0.2) is 0 Å². The van der Waals surface area contributed by atoms with Gasteiger partial charge in [0.2, 0.25) is 6.79 Å². The van der Waals surface area contributed by atoms with E-state index < -0.39 is 5.97 Å². The molecule has 5 heteroatoms. The lowest BCUT2D eigenvalue weighted by atomic mass is 9.93. The zero-order chi connectivity index (χ0) is 20.1. The summed E-state index contributed by atoms with van der Waals surface area (Å²) in [4.78, 5) is 13.3. The van der Waals surface area contributed by atoms with Crippen LogP contribution in [0.4, 0.5) is 0 Å². The van der Waals surface area contributed by atoms with Crippen molar-refractivity contribution in [1.82, 2.24) is 4.90 Å². The lowest BCUT2D eigenvalue weighted by Crippen LogP contribution is -2.34. The van der Waals surface area contributed by atoms with Crippen LogP contribution in [0.15, 0.2) is 54.6 Å². The molecule has 4 rings (SSSR count). The van der Waals surface area contributed by atoms with E-state index in [1.807, 2.05) is 36.4 Å². The van der Waals surface area contributed by atoms with Crippen LogP contribution in [0, 0.1) is 5.92 Å². The van der Waals surface area contributed by atoms with Crippen LogP contribution in [0.3, 0.4) is 0 Å². The molecule has 1 saturated heterocycles. The molecule has 152 valence electrons. The summed E-state index contributed by atoms with van der Waals surface area (Å²) < 4.78 is 11.7. The van der Waals surface area contributed by atoms with Crippen molar-refractivity contribution >= 4 is 11.5 Å². The number of carbonyl (C=O) groups is 1. The van der Waals surface area contributed by atoms with E-state index in [-0.39, 0.29) is 6.79 Å². The normalized spacial score (nSPS) is 17.2. The number of para-hydroxylation sites is 2. The van der Waals surface area contributed by atoms with Crippen molar-refractivity contribution in [2.75, 3.05) is 26.4 Å². The topological polar surface area (TPSA) is 59.0 Å². The van der Waals surface area contributed by atoms with Crippen LogP contribution in [0.5, 0.6) is 11.5 Å². The number of hydrogen-bond acceptors (Lipinski definition) is 4. The fourth-order valence-corrected chi connectivity index (χ4v) is 4.20. The average molecular weight is 393 g/mol. The Morgan fingerprint density at radius 2 is 1.59 bits per heavy atom. The molecule has 0 aromatic heterocycles. The Kier molecular flexibility index (Phi) is 6.15. The van der Waals surface area contributed by atoms with E-state index in [2.05, 4.69) is 23.1 Å². The first-order chi connectivity index (χ1) is 14.2. The molecule has 1 fully saturated rings. The van der Waals surface area contributed by atoms with E-state index in [0.29, 0.717) is 12.3 Å². The number of piperidine rings is 1. The number of carboxylic acids is 1. The predicted molar refractivity (Wildman–Crippen MR) is 112 cm³/mol. The van der Waals surface area contributed by atoms with Crippen molar-refractivity contribution in [2.24, 2.45) is 5.92 Å². The van der Waals surface area contributed by atoms with Gasteiger partial charge in [-0.05, 0) is 56.0 Å². The minimum absolute atomic E-state index is 0.201. The first-order valence-corrected chi connectivity index (χ1v) is 10.3. The first kappa shape index (κ1) is 19.5. The molecule has 0 unspecified atom stereocenters. The summed E-state index contributed by atoms with van der Waals surface area (Å²) in [5, 5.41) is 8.98. The Bertz CT molecular complexity index is 834. The van der Waals surface area contributed by atoms with Crippen molar-refractivity contribution in [3.05, 3.63) is 65.7 Å². The zero-order valence-electron chi connectivity index (χ0n) is 16.5. The van der Waals surface area contributed by atoms with Gasteiger partial charge in [0.15, 0.2) is 0 Å². The van der Waals surface area contributed by atoms with E-state index >= 15 is 0 Å². The molecule has 0 aliphatic carbocycles. The van der Waals surface area contributed by atoms with Gasteiger partial charge in [0, 0.05) is 24.1 Å². The molecule has 0 amide bonds. The van der Waals surface area contributed by atoms with E-state index in [0.717, 1.165) is 67.1 Å². The van der Waals surface area contributed by atoms with Gasteiger partial charge in [-0.3, -0.25) is 4.79 Å². The molecule has 2 aliphatic heterocycles. The Morgan fingerprint density at radius 3 is 2.17 bits per heavy atom. The van der Waals surface area contributed by atoms with Gasteiger partial charge < -0.3 is 19.5 Å². The molecule has 0 atom stereocenters.